The molecule has 0 bridgehead atoms. The summed E-state index contributed by atoms with van der Waals surface area (Å²) in [6.07, 6.45) is 0. The van der Waals surface area contributed by atoms with Crippen molar-refractivity contribution in [3.63, 3.8) is 0 Å². The van der Waals surface area contributed by atoms with E-state index in [4.69, 9.17) is 0 Å². The molecule has 0 fully saturated rings. The number of para-hydroxylation sites is 4. The molecule has 2 heteroatoms. The summed E-state index contributed by atoms with van der Waals surface area (Å²) in [6, 6.07) is 103. The van der Waals surface area contributed by atoms with Crippen molar-refractivity contribution in [2.24, 2.45) is 0 Å². The van der Waals surface area contributed by atoms with Crippen LogP contribution in [0.5, 0.6) is 0 Å². The summed E-state index contributed by atoms with van der Waals surface area (Å²) < 4.78 is 0. The third-order valence-electron chi connectivity index (χ3n) is 15.0. The fourth-order valence-corrected chi connectivity index (χ4v) is 11.9. The van der Waals surface area contributed by atoms with E-state index in [9.17, 15) is 0 Å². The van der Waals surface area contributed by atoms with E-state index in [0.717, 1.165) is 34.1 Å². The Kier molecular flexibility index (Phi) is 9.47. The quantitative estimate of drug-likeness (QED) is 0.150. The van der Waals surface area contributed by atoms with Crippen LogP contribution in [0.15, 0.2) is 279 Å². The maximum atomic E-state index is 2.52. The molecule has 0 saturated heterocycles. The maximum absolute atomic E-state index is 2.52. The van der Waals surface area contributed by atoms with E-state index in [2.05, 4.69) is 289 Å². The fraction of sp³-hybridized carbons (Fsp3) is 0.0145. The Bertz CT molecular complexity index is 3730. The summed E-state index contributed by atoms with van der Waals surface area (Å²) in [7, 11) is 0. The van der Waals surface area contributed by atoms with Crippen LogP contribution >= 0.6 is 0 Å². The molecule has 2 aliphatic carbocycles. The van der Waals surface area contributed by atoms with Gasteiger partial charge in [-0.2, -0.15) is 0 Å². The smallest absolute Gasteiger partial charge is 0.0725 e. The Hall–Kier alpha value is -9.24. The van der Waals surface area contributed by atoms with Gasteiger partial charge in [0.15, 0.2) is 0 Å². The van der Waals surface area contributed by atoms with Crippen LogP contribution in [0.2, 0.25) is 0 Å². The lowest BCUT2D eigenvalue weighted by atomic mass is 9.70. The molecule has 14 rings (SSSR count). The topological polar surface area (TPSA) is 6.48 Å². The molecule has 0 N–H and O–H groups in total. The van der Waals surface area contributed by atoms with Crippen molar-refractivity contribution in [2.75, 3.05) is 9.80 Å². The lowest BCUT2D eigenvalue weighted by Gasteiger charge is -2.31. The summed E-state index contributed by atoms with van der Waals surface area (Å²) in [4.78, 5) is 4.84. The molecule has 71 heavy (non-hydrogen) atoms. The van der Waals surface area contributed by atoms with Crippen LogP contribution in [0.25, 0.3) is 66.1 Å². The minimum atomic E-state index is -0.537. The second-order valence-electron chi connectivity index (χ2n) is 18.8. The maximum Gasteiger partial charge on any atom is 0.0725 e. The van der Waals surface area contributed by atoms with E-state index >= 15 is 0 Å². The number of nitrogens with zero attached hydrogens (tertiary/aromatic N) is 2. The first kappa shape index (κ1) is 40.8. The third-order valence-corrected chi connectivity index (χ3v) is 15.0. The molecule has 0 atom stereocenters. The van der Waals surface area contributed by atoms with Gasteiger partial charge in [0, 0.05) is 33.9 Å². The van der Waals surface area contributed by atoms with Gasteiger partial charge in [-0.15, -0.1) is 0 Å². The minimum Gasteiger partial charge on any atom is -0.310 e. The molecule has 0 heterocycles. The summed E-state index contributed by atoms with van der Waals surface area (Å²) >= 11 is 0. The van der Waals surface area contributed by atoms with Crippen LogP contribution in [0, 0.1) is 0 Å². The zero-order valence-electron chi connectivity index (χ0n) is 39.0. The van der Waals surface area contributed by atoms with Crippen LogP contribution in [0.1, 0.15) is 22.3 Å². The fourth-order valence-electron chi connectivity index (χ4n) is 11.9. The molecule has 0 aromatic heterocycles. The first-order valence-corrected chi connectivity index (χ1v) is 24.6. The molecular formula is C69H46N2. The van der Waals surface area contributed by atoms with Gasteiger partial charge >= 0.3 is 0 Å². The zero-order valence-corrected chi connectivity index (χ0v) is 39.0. The van der Waals surface area contributed by atoms with E-state index in [1.165, 1.54) is 88.3 Å². The monoisotopic (exact) mass is 902 g/mol. The first-order valence-electron chi connectivity index (χ1n) is 24.6. The number of hydrogen-bond donors (Lipinski definition) is 0. The Morgan fingerprint density at radius 1 is 0.211 bits per heavy atom. The molecule has 12 aromatic rings. The van der Waals surface area contributed by atoms with Gasteiger partial charge in [-0.3, -0.25) is 0 Å². The zero-order chi connectivity index (χ0) is 46.9. The lowest BCUT2D eigenvalue weighted by molar-refractivity contribution is 0.796. The van der Waals surface area contributed by atoms with Gasteiger partial charge in [-0.1, -0.05) is 194 Å². The van der Waals surface area contributed by atoms with Crippen LogP contribution in [-0.4, -0.2) is 0 Å². The van der Waals surface area contributed by atoms with Crippen molar-refractivity contribution in [3.8, 4) is 44.5 Å². The van der Waals surface area contributed by atoms with Gasteiger partial charge < -0.3 is 9.80 Å². The highest BCUT2D eigenvalue weighted by Gasteiger charge is 2.52. The summed E-state index contributed by atoms with van der Waals surface area (Å²) in [5.74, 6) is 0. The molecule has 12 aromatic carbocycles. The lowest BCUT2D eigenvalue weighted by Crippen LogP contribution is -2.25. The SMILES string of the molecule is c1ccc(-c2ccccc2N(c2ccccc2)c2ccc3cc4c(cc3c2)C2(c3ccccc3-c3ccccc32)c2cc3cc(N(c5ccccc5)c5ccccc5-c5ccccc5)ccc3cc2-4)cc1. The van der Waals surface area contributed by atoms with Gasteiger partial charge in [-0.25, -0.2) is 0 Å². The van der Waals surface area contributed by atoms with E-state index in [1.54, 1.807) is 0 Å². The highest BCUT2D eigenvalue weighted by molar-refractivity contribution is 6.05. The van der Waals surface area contributed by atoms with E-state index in [1.807, 2.05) is 0 Å². The normalized spacial score (nSPS) is 12.6. The summed E-state index contributed by atoms with van der Waals surface area (Å²) in [6.45, 7) is 0. The van der Waals surface area contributed by atoms with E-state index in [-0.39, 0.29) is 0 Å². The molecule has 2 aliphatic rings. The number of benzene rings is 12. The van der Waals surface area contributed by atoms with Crippen molar-refractivity contribution in [1.29, 1.82) is 0 Å². The second kappa shape index (κ2) is 16.5. The molecule has 0 unspecified atom stereocenters. The number of anilines is 6. The van der Waals surface area contributed by atoms with Gasteiger partial charge in [-0.05, 0) is 162 Å². The predicted octanol–water partition coefficient (Wildman–Crippen LogP) is 18.6. The largest absolute Gasteiger partial charge is 0.310 e. The number of rotatable bonds is 8. The van der Waals surface area contributed by atoms with E-state index < -0.39 is 5.41 Å². The minimum absolute atomic E-state index is 0.537. The highest BCUT2D eigenvalue weighted by Crippen LogP contribution is 2.64. The van der Waals surface area contributed by atoms with Crippen molar-refractivity contribution >= 4 is 55.7 Å². The molecule has 1 spiro atoms. The standard InChI is InChI=1S/C69H46N2/c1-5-21-47(22-6-1)57-29-15-19-35-67(57)70(53-25-9-3-10-26-53)55-39-37-49-43-61-62-44-50-38-40-56(71(54-27-11-4-12-28-54)68-36-20-16-30-58(68)48-23-7-2-8-24-48)42-52(50)46-66(62)69(65(61)45-51(49)41-55)63-33-17-13-31-59(63)60-32-14-18-34-64(60)69/h1-46H. The average Bonchev–Trinajstić information content (AvgIpc) is 3.90. The van der Waals surface area contributed by atoms with Crippen molar-refractivity contribution < 1.29 is 0 Å². The third kappa shape index (κ3) is 6.42. The molecular weight excluding hydrogens is 857 g/mol. The Balaban J connectivity index is 0.989. The Morgan fingerprint density at radius 3 is 0.986 bits per heavy atom. The molecule has 0 aliphatic heterocycles. The van der Waals surface area contributed by atoms with Crippen LogP contribution < -0.4 is 9.80 Å². The van der Waals surface area contributed by atoms with Gasteiger partial charge in [0.25, 0.3) is 0 Å². The van der Waals surface area contributed by atoms with Crippen LogP contribution in [0.4, 0.5) is 34.1 Å². The Labute approximate surface area is 414 Å². The van der Waals surface area contributed by atoms with Gasteiger partial charge in [0.2, 0.25) is 0 Å². The first-order chi connectivity index (χ1) is 35.2. The average molecular weight is 903 g/mol. The molecule has 332 valence electrons. The molecule has 0 radical (unpaired) electrons. The molecule has 0 saturated carbocycles. The second-order valence-corrected chi connectivity index (χ2v) is 18.8. The van der Waals surface area contributed by atoms with Crippen LogP contribution in [-0.2, 0) is 5.41 Å². The Morgan fingerprint density at radius 2 is 0.563 bits per heavy atom. The van der Waals surface area contributed by atoms with Crippen molar-refractivity contribution in [2.45, 2.75) is 5.41 Å². The number of hydrogen-bond acceptors (Lipinski definition) is 2. The van der Waals surface area contributed by atoms with Gasteiger partial charge in [0.1, 0.15) is 0 Å². The van der Waals surface area contributed by atoms with E-state index in [0.29, 0.717) is 0 Å². The summed E-state index contributed by atoms with van der Waals surface area (Å²) in [5, 5.41) is 4.84. The molecule has 0 amide bonds. The molecule has 2 nitrogen and oxygen atoms in total. The highest BCUT2D eigenvalue weighted by atomic mass is 15.1. The van der Waals surface area contributed by atoms with Crippen molar-refractivity contribution in [3.05, 3.63) is 301 Å². The predicted molar refractivity (Wildman–Crippen MR) is 298 cm³/mol. The van der Waals surface area contributed by atoms with Gasteiger partial charge in [0.05, 0.1) is 16.8 Å². The summed E-state index contributed by atoms with van der Waals surface area (Å²) in [5.41, 5.74) is 21.4. The van der Waals surface area contributed by atoms with Crippen LogP contribution in [0.3, 0.4) is 0 Å². The van der Waals surface area contributed by atoms with Crippen molar-refractivity contribution in [1.82, 2.24) is 0 Å². The number of fused-ring (bicyclic) bond motifs is 12.